The molecule has 1 amide bonds. The topological polar surface area (TPSA) is 69.7 Å². The molecule has 4 rings (SSSR count). The number of nitrogens with zero attached hydrogens (tertiary/aromatic N) is 2. The van der Waals surface area contributed by atoms with Crippen molar-refractivity contribution >= 4 is 38.9 Å². The second kappa shape index (κ2) is 9.95. The zero-order valence-electron chi connectivity index (χ0n) is 18.5. The minimum Gasteiger partial charge on any atom is -0.350 e. The van der Waals surface area contributed by atoms with Gasteiger partial charge in [0, 0.05) is 30.1 Å². The third kappa shape index (κ3) is 5.15. The van der Waals surface area contributed by atoms with Crippen LogP contribution in [0.15, 0.2) is 64.9 Å². The van der Waals surface area contributed by atoms with E-state index in [1.54, 1.807) is 17.4 Å². The second-order valence-corrected chi connectivity index (χ2v) is 11.5. The van der Waals surface area contributed by atoms with Gasteiger partial charge >= 0.3 is 0 Å². The first-order valence-electron chi connectivity index (χ1n) is 10.6. The number of amides is 1. The Hall–Kier alpha value is -2.23. The van der Waals surface area contributed by atoms with Crippen LogP contribution in [-0.4, -0.2) is 50.7 Å². The molecule has 1 aliphatic heterocycles. The molecule has 2 aromatic carbocycles. The molecular formula is C24H26ClN3O3S2. The number of fused-ring (bicyclic) bond motifs is 1. The molecule has 0 spiro atoms. The lowest BCUT2D eigenvalue weighted by Crippen LogP contribution is -2.36. The predicted molar refractivity (Wildman–Crippen MR) is 132 cm³/mol. The number of carbonyl (C=O) groups is 1. The molecule has 174 valence electrons. The summed E-state index contributed by atoms with van der Waals surface area (Å²) >= 11 is 7.93. The number of hydrogen-bond donors (Lipinski definition) is 1. The number of halogens is 1. The van der Waals surface area contributed by atoms with E-state index in [0.717, 1.165) is 16.0 Å². The lowest BCUT2D eigenvalue weighted by Gasteiger charge is -2.28. The fraction of sp³-hybridized carbons (Fsp3) is 0.292. The molecule has 0 fully saturated rings. The predicted octanol–water partition coefficient (Wildman–Crippen LogP) is 4.18. The summed E-state index contributed by atoms with van der Waals surface area (Å²) in [4.78, 5) is 16.0. The monoisotopic (exact) mass is 503 g/mol. The van der Waals surface area contributed by atoms with Crippen LogP contribution >= 0.6 is 22.9 Å². The number of nitrogens with one attached hydrogen (secondary N) is 1. The van der Waals surface area contributed by atoms with E-state index >= 15 is 0 Å². The smallest absolute Gasteiger partial charge is 0.251 e. The maximum Gasteiger partial charge on any atom is 0.251 e. The van der Waals surface area contributed by atoms with Gasteiger partial charge in [0.1, 0.15) is 4.90 Å². The van der Waals surface area contributed by atoms with Crippen LogP contribution in [0.1, 0.15) is 32.4 Å². The van der Waals surface area contributed by atoms with E-state index in [1.165, 1.54) is 16.4 Å². The molecule has 0 saturated carbocycles. The summed E-state index contributed by atoms with van der Waals surface area (Å²) in [7, 11) is 0.0604. The molecular weight excluding hydrogens is 478 g/mol. The van der Waals surface area contributed by atoms with Crippen molar-refractivity contribution in [1.29, 1.82) is 0 Å². The van der Waals surface area contributed by atoms with Gasteiger partial charge in [0.2, 0.25) is 10.0 Å². The van der Waals surface area contributed by atoms with E-state index < -0.39 is 10.0 Å². The Morgan fingerprint density at radius 2 is 1.91 bits per heavy atom. The quantitative estimate of drug-likeness (QED) is 0.525. The highest BCUT2D eigenvalue weighted by molar-refractivity contribution is 7.89. The van der Waals surface area contributed by atoms with Gasteiger partial charge in [0.25, 0.3) is 5.91 Å². The largest absolute Gasteiger partial charge is 0.350 e. The van der Waals surface area contributed by atoms with Gasteiger partial charge < -0.3 is 10.2 Å². The molecule has 1 N–H and O–H groups in total. The molecule has 0 radical (unpaired) electrons. The fourth-order valence-electron chi connectivity index (χ4n) is 3.97. The third-order valence-electron chi connectivity index (χ3n) is 5.86. The highest BCUT2D eigenvalue weighted by atomic mass is 35.5. The van der Waals surface area contributed by atoms with Gasteiger partial charge in [-0.2, -0.15) is 4.31 Å². The number of likely N-dealkylation sites (N-methyl/N-ethyl adjacent to an activating group) is 1. The Labute approximate surface area is 203 Å². The zero-order chi connectivity index (χ0) is 23.6. The maximum atomic E-state index is 13.4. The average molecular weight is 504 g/mol. The number of thiophene rings is 1. The summed E-state index contributed by atoms with van der Waals surface area (Å²) in [5.74, 6) is -0.337. The van der Waals surface area contributed by atoms with Gasteiger partial charge in [-0.25, -0.2) is 8.42 Å². The van der Waals surface area contributed by atoms with Crippen LogP contribution in [0, 0.1) is 0 Å². The van der Waals surface area contributed by atoms with E-state index in [1.807, 2.05) is 60.8 Å². The molecule has 2 heterocycles. The lowest BCUT2D eigenvalue weighted by atomic mass is 10.0. The van der Waals surface area contributed by atoms with Gasteiger partial charge in [0.05, 0.1) is 11.1 Å². The van der Waals surface area contributed by atoms with Gasteiger partial charge in [-0.15, -0.1) is 11.3 Å². The first-order valence-corrected chi connectivity index (χ1v) is 13.3. The molecule has 9 heteroatoms. The molecule has 1 unspecified atom stereocenters. The van der Waals surface area contributed by atoms with Crippen LogP contribution in [0.5, 0.6) is 0 Å². The Morgan fingerprint density at radius 3 is 2.61 bits per heavy atom. The first-order chi connectivity index (χ1) is 15.8. The van der Waals surface area contributed by atoms with Crippen molar-refractivity contribution in [3.63, 3.8) is 0 Å². The molecule has 0 saturated heterocycles. The van der Waals surface area contributed by atoms with Crippen molar-refractivity contribution in [1.82, 2.24) is 14.5 Å². The summed E-state index contributed by atoms with van der Waals surface area (Å²) in [6.07, 6.45) is 0.641. The van der Waals surface area contributed by atoms with Crippen LogP contribution in [0.25, 0.3) is 0 Å². The van der Waals surface area contributed by atoms with Crippen LogP contribution in [0.3, 0.4) is 0 Å². The highest BCUT2D eigenvalue weighted by Gasteiger charge is 2.30. The van der Waals surface area contributed by atoms with E-state index in [9.17, 15) is 13.2 Å². The van der Waals surface area contributed by atoms with Crippen molar-refractivity contribution < 1.29 is 13.2 Å². The SMILES string of the molecule is CN(C)C(CNC(=O)c1ccc(Cl)c(S(=O)(=O)N2CCc3ccccc3C2)c1)c1cccs1. The van der Waals surface area contributed by atoms with E-state index in [-0.39, 0.29) is 34.0 Å². The van der Waals surface area contributed by atoms with Crippen molar-refractivity contribution in [2.45, 2.75) is 23.9 Å². The molecule has 1 atom stereocenters. The van der Waals surface area contributed by atoms with Crippen LogP contribution in [-0.2, 0) is 23.0 Å². The van der Waals surface area contributed by atoms with Crippen molar-refractivity contribution in [3.05, 3.63) is 86.6 Å². The second-order valence-electron chi connectivity index (χ2n) is 8.21. The lowest BCUT2D eigenvalue weighted by molar-refractivity contribution is 0.0942. The standard InChI is InChI=1S/C24H26ClN3O3S2/c1-27(2)21(22-8-5-13-32-22)15-26-24(29)18-9-10-20(25)23(14-18)33(30,31)28-12-11-17-6-3-4-7-19(17)16-28/h3-10,13-14,21H,11-12,15-16H2,1-2H3,(H,26,29). The van der Waals surface area contributed by atoms with E-state index in [0.29, 0.717) is 19.5 Å². The number of carbonyl (C=O) groups excluding carboxylic acids is 1. The molecule has 33 heavy (non-hydrogen) atoms. The normalized spacial score (nSPS) is 15.3. The summed E-state index contributed by atoms with van der Waals surface area (Å²) < 4.78 is 28.2. The fourth-order valence-corrected chi connectivity index (χ4v) is 6.81. The summed E-state index contributed by atoms with van der Waals surface area (Å²) in [5, 5.41) is 5.04. The van der Waals surface area contributed by atoms with Gasteiger partial charge in [-0.1, -0.05) is 41.9 Å². The average Bonchev–Trinajstić information content (AvgIpc) is 3.33. The minimum atomic E-state index is -3.86. The molecule has 0 bridgehead atoms. The van der Waals surface area contributed by atoms with Crippen molar-refractivity contribution in [2.75, 3.05) is 27.2 Å². The molecule has 3 aromatic rings. The molecule has 1 aliphatic rings. The van der Waals surface area contributed by atoms with E-state index in [2.05, 4.69) is 5.32 Å². The zero-order valence-corrected chi connectivity index (χ0v) is 20.9. The van der Waals surface area contributed by atoms with Gasteiger partial charge in [-0.05, 0) is 61.3 Å². The number of hydrogen-bond acceptors (Lipinski definition) is 5. The third-order valence-corrected chi connectivity index (χ3v) is 9.16. The van der Waals surface area contributed by atoms with Crippen molar-refractivity contribution in [2.24, 2.45) is 0 Å². The Morgan fingerprint density at radius 1 is 1.15 bits per heavy atom. The van der Waals surface area contributed by atoms with Gasteiger partial charge in [0.15, 0.2) is 0 Å². The van der Waals surface area contributed by atoms with Crippen LogP contribution in [0.4, 0.5) is 0 Å². The van der Waals surface area contributed by atoms with E-state index in [4.69, 9.17) is 11.6 Å². The van der Waals surface area contributed by atoms with Gasteiger partial charge in [-0.3, -0.25) is 4.79 Å². The Balaban J connectivity index is 1.53. The summed E-state index contributed by atoms with van der Waals surface area (Å²) in [5.41, 5.74) is 2.41. The Bertz CT molecular complexity index is 1240. The number of rotatable bonds is 7. The first kappa shape index (κ1) is 23.9. The van der Waals surface area contributed by atoms with Crippen LogP contribution in [0.2, 0.25) is 5.02 Å². The minimum absolute atomic E-state index is 0.0258. The number of sulfonamides is 1. The molecule has 1 aromatic heterocycles. The summed E-state index contributed by atoms with van der Waals surface area (Å²) in [6.45, 7) is 1.06. The molecule has 6 nitrogen and oxygen atoms in total. The molecule has 0 aliphatic carbocycles. The Kier molecular flexibility index (Phi) is 7.21. The maximum absolute atomic E-state index is 13.4. The summed E-state index contributed by atoms with van der Waals surface area (Å²) in [6, 6.07) is 16.3. The number of benzene rings is 2. The van der Waals surface area contributed by atoms with Crippen molar-refractivity contribution in [3.8, 4) is 0 Å². The van der Waals surface area contributed by atoms with Crippen LogP contribution < -0.4 is 5.32 Å². The highest BCUT2D eigenvalue weighted by Crippen LogP contribution is 2.30.